The van der Waals surface area contributed by atoms with Crippen LogP contribution in [0.2, 0.25) is 0 Å². The van der Waals surface area contributed by atoms with Gasteiger partial charge in [0.1, 0.15) is 5.82 Å². The zero-order valence-electron chi connectivity index (χ0n) is 14.5. The number of aromatic nitrogens is 2. The van der Waals surface area contributed by atoms with Gasteiger partial charge in [0.15, 0.2) is 0 Å². The Morgan fingerprint density at radius 2 is 1.93 bits per heavy atom. The van der Waals surface area contributed by atoms with Crippen molar-refractivity contribution in [2.24, 2.45) is 0 Å². The van der Waals surface area contributed by atoms with E-state index in [9.17, 15) is 22.4 Å². The summed E-state index contributed by atoms with van der Waals surface area (Å²) < 4.78 is 51.5. The second kappa shape index (κ2) is 7.50. The first-order chi connectivity index (χ1) is 12.7. The Morgan fingerprint density at radius 1 is 1.22 bits per heavy atom. The van der Waals surface area contributed by atoms with E-state index in [2.05, 4.69) is 15.3 Å². The van der Waals surface area contributed by atoms with Crippen LogP contribution < -0.4 is 10.2 Å². The van der Waals surface area contributed by atoms with Gasteiger partial charge in [0.2, 0.25) is 5.95 Å². The van der Waals surface area contributed by atoms with E-state index in [1.165, 1.54) is 24.3 Å². The number of nitrogens with zero attached hydrogens (tertiary/aromatic N) is 3. The molecule has 5 nitrogen and oxygen atoms in total. The molecule has 9 heteroatoms. The summed E-state index contributed by atoms with van der Waals surface area (Å²) in [5.41, 5.74) is 1.41. The summed E-state index contributed by atoms with van der Waals surface area (Å²) in [6, 6.07) is 6.49. The van der Waals surface area contributed by atoms with Crippen LogP contribution in [0.1, 0.15) is 23.6 Å². The number of halogens is 4. The van der Waals surface area contributed by atoms with Crippen molar-refractivity contribution in [1.29, 1.82) is 0 Å². The van der Waals surface area contributed by atoms with Gasteiger partial charge in [0.25, 0.3) is 0 Å². The van der Waals surface area contributed by atoms with Crippen molar-refractivity contribution in [3.63, 3.8) is 0 Å². The van der Waals surface area contributed by atoms with E-state index in [1.807, 2.05) is 0 Å². The van der Waals surface area contributed by atoms with Gasteiger partial charge in [-0.1, -0.05) is 12.1 Å². The Hall–Kier alpha value is -2.71. The number of alkyl halides is 3. The molecule has 1 aliphatic heterocycles. The summed E-state index contributed by atoms with van der Waals surface area (Å²) in [7, 11) is 0. The average molecular weight is 382 g/mol. The molecular formula is C18H18F4N4O. The fourth-order valence-corrected chi connectivity index (χ4v) is 3.23. The summed E-state index contributed by atoms with van der Waals surface area (Å²) in [5.74, 6) is -2.40. The minimum absolute atomic E-state index is 0.118. The first kappa shape index (κ1) is 19.1. The van der Waals surface area contributed by atoms with Gasteiger partial charge >= 0.3 is 12.1 Å². The maximum absolute atomic E-state index is 13.2. The second-order valence-corrected chi connectivity index (χ2v) is 6.47. The lowest BCUT2D eigenvalue weighted by Gasteiger charge is -2.39. The zero-order chi connectivity index (χ0) is 19.6. The average Bonchev–Trinajstić information content (AvgIpc) is 2.62. The van der Waals surface area contributed by atoms with Crippen molar-refractivity contribution < 1.29 is 22.4 Å². The summed E-state index contributed by atoms with van der Waals surface area (Å²) >= 11 is 0. The summed E-state index contributed by atoms with van der Waals surface area (Å²) in [6.07, 6.45) is -2.94. The fraction of sp³-hybridized carbons (Fsp3) is 0.389. The highest BCUT2D eigenvalue weighted by Crippen LogP contribution is 2.31. The highest BCUT2D eigenvalue weighted by molar-refractivity contribution is 5.82. The minimum Gasteiger partial charge on any atom is -0.343 e. The van der Waals surface area contributed by atoms with Crippen molar-refractivity contribution in [2.45, 2.75) is 31.5 Å². The van der Waals surface area contributed by atoms with Gasteiger partial charge in [-0.05, 0) is 37.1 Å². The molecule has 2 unspecified atom stereocenters. The van der Waals surface area contributed by atoms with Crippen LogP contribution in [-0.2, 0) is 4.79 Å². The van der Waals surface area contributed by atoms with Gasteiger partial charge in [-0.25, -0.2) is 14.4 Å². The monoisotopic (exact) mass is 382 g/mol. The van der Waals surface area contributed by atoms with E-state index in [0.717, 1.165) is 5.69 Å². The number of nitrogens with one attached hydrogen (secondary N) is 1. The third kappa shape index (κ3) is 4.53. The van der Waals surface area contributed by atoms with Crippen LogP contribution in [-0.4, -0.2) is 41.2 Å². The van der Waals surface area contributed by atoms with Crippen LogP contribution >= 0.6 is 0 Å². The lowest BCUT2D eigenvalue weighted by molar-refractivity contribution is -0.174. The molecule has 0 saturated carbocycles. The van der Waals surface area contributed by atoms with Crippen molar-refractivity contribution in [2.75, 3.05) is 18.0 Å². The summed E-state index contributed by atoms with van der Waals surface area (Å²) in [5, 5.41) is 2.08. The number of hydrogen-bond donors (Lipinski definition) is 1. The van der Waals surface area contributed by atoms with Gasteiger partial charge in [0, 0.05) is 30.9 Å². The van der Waals surface area contributed by atoms with Crippen molar-refractivity contribution >= 4 is 11.9 Å². The van der Waals surface area contributed by atoms with E-state index in [-0.39, 0.29) is 12.5 Å². The van der Waals surface area contributed by atoms with Crippen molar-refractivity contribution in [3.8, 4) is 0 Å². The molecule has 1 N–H and O–H groups in total. The van der Waals surface area contributed by atoms with Crippen molar-refractivity contribution in [1.82, 2.24) is 15.3 Å². The quantitative estimate of drug-likeness (QED) is 0.830. The number of piperidine rings is 1. The number of anilines is 1. The fourth-order valence-electron chi connectivity index (χ4n) is 3.23. The predicted molar refractivity (Wildman–Crippen MR) is 90.7 cm³/mol. The van der Waals surface area contributed by atoms with Gasteiger partial charge < -0.3 is 10.2 Å². The van der Waals surface area contributed by atoms with Crippen LogP contribution in [0, 0.1) is 12.7 Å². The van der Waals surface area contributed by atoms with Crippen LogP contribution in [0.5, 0.6) is 0 Å². The van der Waals surface area contributed by atoms with Crippen molar-refractivity contribution in [3.05, 3.63) is 53.6 Å². The lowest BCUT2D eigenvalue weighted by atomic mass is 9.85. The first-order valence-electron chi connectivity index (χ1n) is 8.42. The molecular weight excluding hydrogens is 364 g/mol. The number of carbonyl (C=O) groups excluding carboxylic acids is 1. The normalized spacial score (nSPS) is 20.4. The highest BCUT2D eigenvalue weighted by Gasteiger charge is 2.42. The zero-order valence-corrected chi connectivity index (χ0v) is 14.5. The van der Waals surface area contributed by atoms with Gasteiger partial charge in [0.05, 0.1) is 6.04 Å². The predicted octanol–water partition coefficient (Wildman–Crippen LogP) is 2.97. The third-order valence-corrected chi connectivity index (χ3v) is 4.55. The molecule has 2 aromatic rings. The number of amides is 1. The number of aryl methyl sites for hydroxylation is 1. The van der Waals surface area contributed by atoms with Gasteiger partial charge in [-0.2, -0.15) is 13.2 Å². The summed E-state index contributed by atoms with van der Waals surface area (Å²) in [6.45, 7) is 2.41. The number of benzene rings is 1. The second-order valence-electron chi connectivity index (χ2n) is 6.47. The Labute approximate surface area is 153 Å². The number of hydrogen-bond acceptors (Lipinski definition) is 4. The SMILES string of the molecule is Cc1ccnc(N2CCC(c3ccc(F)cc3)C(NC(=O)C(F)(F)F)C2)n1. The van der Waals surface area contributed by atoms with Crippen LogP contribution in [0.3, 0.4) is 0 Å². The largest absolute Gasteiger partial charge is 0.471 e. The Kier molecular flexibility index (Phi) is 5.29. The van der Waals surface area contributed by atoms with E-state index in [4.69, 9.17) is 0 Å². The van der Waals surface area contributed by atoms with Crippen LogP contribution in [0.25, 0.3) is 0 Å². The molecule has 1 aliphatic rings. The Morgan fingerprint density at radius 3 is 2.56 bits per heavy atom. The smallest absolute Gasteiger partial charge is 0.343 e. The molecule has 144 valence electrons. The standard InChI is InChI=1S/C18H18F4N4O/c1-11-6-8-23-17(24-11)26-9-7-14(12-2-4-13(19)5-3-12)15(10-26)25-16(27)18(20,21)22/h2-6,8,14-15H,7,9-10H2,1H3,(H,25,27). The Bertz CT molecular complexity index is 810. The van der Waals surface area contributed by atoms with E-state index >= 15 is 0 Å². The first-order valence-corrected chi connectivity index (χ1v) is 8.42. The van der Waals surface area contributed by atoms with Crippen LogP contribution in [0.15, 0.2) is 36.5 Å². The van der Waals surface area contributed by atoms with Gasteiger partial charge in [-0.15, -0.1) is 0 Å². The molecule has 1 fully saturated rings. The molecule has 1 amide bonds. The molecule has 2 heterocycles. The molecule has 1 saturated heterocycles. The molecule has 1 aromatic carbocycles. The molecule has 0 bridgehead atoms. The van der Waals surface area contributed by atoms with Gasteiger partial charge in [-0.3, -0.25) is 4.79 Å². The molecule has 27 heavy (non-hydrogen) atoms. The molecule has 2 atom stereocenters. The Balaban J connectivity index is 1.85. The maximum Gasteiger partial charge on any atom is 0.471 e. The lowest BCUT2D eigenvalue weighted by Crippen LogP contribution is -2.54. The van der Waals surface area contributed by atoms with E-state index < -0.39 is 23.9 Å². The third-order valence-electron chi connectivity index (χ3n) is 4.55. The number of carbonyl (C=O) groups is 1. The minimum atomic E-state index is -4.98. The highest BCUT2D eigenvalue weighted by atomic mass is 19.4. The topological polar surface area (TPSA) is 58.1 Å². The van der Waals surface area contributed by atoms with Crippen LogP contribution in [0.4, 0.5) is 23.5 Å². The maximum atomic E-state index is 13.2. The molecule has 0 spiro atoms. The molecule has 1 aromatic heterocycles. The molecule has 0 radical (unpaired) electrons. The van der Waals surface area contributed by atoms with E-state index in [0.29, 0.717) is 24.5 Å². The molecule has 3 rings (SSSR count). The summed E-state index contributed by atoms with van der Waals surface area (Å²) in [4.78, 5) is 21.7. The molecule has 0 aliphatic carbocycles. The van der Waals surface area contributed by atoms with E-state index in [1.54, 1.807) is 24.1 Å². The number of rotatable bonds is 3.